The lowest BCUT2D eigenvalue weighted by Gasteiger charge is -2.18. The highest BCUT2D eigenvalue weighted by atomic mass is 16.6. The summed E-state index contributed by atoms with van der Waals surface area (Å²) in [6, 6.07) is 0. The lowest BCUT2D eigenvalue weighted by atomic mass is 10.0. The summed E-state index contributed by atoms with van der Waals surface area (Å²) in [6.07, 6.45) is 49.6. The predicted molar refractivity (Wildman–Crippen MR) is 261 cm³/mol. The first-order valence-corrected chi connectivity index (χ1v) is 27.2. The van der Waals surface area contributed by atoms with Crippen molar-refractivity contribution in [2.75, 3.05) is 13.2 Å². The van der Waals surface area contributed by atoms with Gasteiger partial charge in [0.15, 0.2) is 6.10 Å². The van der Waals surface area contributed by atoms with E-state index in [2.05, 4.69) is 34.6 Å². The Morgan fingerprint density at radius 1 is 0.311 bits per heavy atom. The molecule has 0 saturated carbocycles. The Bertz CT molecular complexity index is 931. The SMILES string of the molecule is CCCCCCCCCCCCCCCCCC(=O)OC[C@H](COC(=O)CCCCCCCCCC(C)C)OC(=O)CCCCCCCCCCCCCCCCCC(C)C. The molecule has 0 aliphatic heterocycles. The molecule has 6 heteroatoms. The van der Waals surface area contributed by atoms with Crippen LogP contribution in [0, 0.1) is 11.8 Å². The molecule has 0 fully saturated rings. The zero-order chi connectivity index (χ0) is 44.7. The average Bonchev–Trinajstić information content (AvgIpc) is 3.23. The van der Waals surface area contributed by atoms with Gasteiger partial charge in [0.25, 0.3) is 0 Å². The summed E-state index contributed by atoms with van der Waals surface area (Å²) in [6.45, 7) is 11.4. The Hall–Kier alpha value is -1.59. The summed E-state index contributed by atoms with van der Waals surface area (Å²) in [5.74, 6) is 0.783. The van der Waals surface area contributed by atoms with E-state index in [0.29, 0.717) is 19.3 Å². The molecular weight excluding hydrogens is 757 g/mol. The van der Waals surface area contributed by atoms with Crippen LogP contribution in [-0.4, -0.2) is 37.2 Å². The smallest absolute Gasteiger partial charge is 0.306 e. The molecule has 0 aromatic heterocycles. The van der Waals surface area contributed by atoms with Gasteiger partial charge in [-0.05, 0) is 31.1 Å². The lowest BCUT2D eigenvalue weighted by molar-refractivity contribution is -0.167. The summed E-state index contributed by atoms with van der Waals surface area (Å²) in [7, 11) is 0. The molecule has 0 saturated heterocycles. The second-order valence-electron chi connectivity index (χ2n) is 19.8. The number of ether oxygens (including phenoxy) is 3. The fraction of sp³-hybridized carbons (Fsp3) is 0.945. The van der Waals surface area contributed by atoms with Gasteiger partial charge in [0.1, 0.15) is 13.2 Å². The first-order valence-electron chi connectivity index (χ1n) is 27.2. The second-order valence-corrected chi connectivity index (χ2v) is 19.8. The van der Waals surface area contributed by atoms with Crippen LogP contribution in [0.25, 0.3) is 0 Å². The van der Waals surface area contributed by atoms with E-state index in [1.54, 1.807) is 0 Å². The normalized spacial score (nSPS) is 12.0. The van der Waals surface area contributed by atoms with E-state index in [1.807, 2.05) is 0 Å². The van der Waals surface area contributed by atoms with Crippen LogP contribution in [0.1, 0.15) is 304 Å². The molecule has 0 aromatic carbocycles. The van der Waals surface area contributed by atoms with Crippen LogP contribution in [0.2, 0.25) is 0 Å². The van der Waals surface area contributed by atoms with Crippen LogP contribution >= 0.6 is 0 Å². The maximum absolute atomic E-state index is 12.8. The third kappa shape index (κ3) is 49.3. The van der Waals surface area contributed by atoms with Gasteiger partial charge in [-0.15, -0.1) is 0 Å². The number of rotatable bonds is 49. The molecule has 0 spiro atoms. The van der Waals surface area contributed by atoms with E-state index in [0.717, 1.165) is 69.6 Å². The van der Waals surface area contributed by atoms with Gasteiger partial charge in [0, 0.05) is 19.3 Å². The van der Waals surface area contributed by atoms with Gasteiger partial charge in [-0.3, -0.25) is 14.4 Å². The number of hydrogen-bond acceptors (Lipinski definition) is 6. The van der Waals surface area contributed by atoms with Gasteiger partial charge in [0.05, 0.1) is 0 Å². The van der Waals surface area contributed by atoms with E-state index in [-0.39, 0.29) is 31.1 Å². The van der Waals surface area contributed by atoms with Crippen LogP contribution in [0.5, 0.6) is 0 Å². The Kier molecular flexibility index (Phi) is 46.6. The fourth-order valence-electron chi connectivity index (χ4n) is 8.34. The van der Waals surface area contributed by atoms with Crippen molar-refractivity contribution in [3.05, 3.63) is 0 Å². The van der Waals surface area contributed by atoms with Crippen molar-refractivity contribution in [2.45, 2.75) is 310 Å². The molecule has 0 rings (SSSR count). The van der Waals surface area contributed by atoms with E-state index in [1.165, 1.54) is 193 Å². The third-order valence-corrected chi connectivity index (χ3v) is 12.5. The van der Waals surface area contributed by atoms with Crippen molar-refractivity contribution in [3.63, 3.8) is 0 Å². The minimum Gasteiger partial charge on any atom is -0.462 e. The first-order chi connectivity index (χ1) is 29.7. The van der Waals surface area contributed by atoms with Crippen LogP contribution < -0.4 is 0 Å². The highest BCUT2D eigenvalue weighted by Crippen LogP contribution is 2.18. The van der Waals surface area contributed by atoms with E-state index >= 15 is 0 Å². The Labute approximate surface area is 380 Å². The molecule has 0 radical (unpaired) electrons. The van der Waals surface area contributed by atoms with Gasteiger partial charge >= 0.3 is 17.9 Å². The summed E-state index contributed by atoms with van der Waals surface area (Å²) in [5.41, 5.74) is 0. The molecule has 362 valence electrons. The Morgan fingerprint density at radius 3 is 0.803 bits per heavy atom. The highest BCUT2D eigenvalue weighted by molar-refractivity contribution is 5.71. The van der Waals surface area contributed by atoms with Gasteiger partial charge in [-0.2, -0.15) is 0 Å². The zero-order valence-corrected chi connectivity index (χ0v) is 41.8. The van der Waals surface area contributed by atoms with Gasteiger partial charge in [-0.25, -0.2) is 0 Å². The topological polar surface area (TPSA) is 78.9 Å². The van der Waals surface area contributed by atoms with Crippen molar-refractivity contribution in [1.82, 2.24) is 0 Å². The molecule has 0 unspecified atom stereocenters. The van der Waals surface area contributed by atoms with E-state index < -0.39 is 6.10 Å². The summed E-state index contributed by atoms with van der Waals surface area (Å²) >= 11 is 0. The van der Waals surface area contributed by atoms with Crippen LogP contribution in [0.15, 0.2) is 0 Å². The monoisotopic (exact) mass is 863 g/mol. The predicted octanol–water partition coefficient (Wildman–Crippen LogP) is 17.7. The molecule has 0 N–H and O–H groups in total. The summed E-state index contributed by atoms with van der Waals surface area (Å²) in [4.78, 5) is 38.0. The molecular formula is C55H106O6. The number of carbonyl (C=O) groups excluding carboxylic acids is 3. The molecule has 0 bridgehead atoms. The first kappa shape index (κ1) is 59.4. The second kappa shape index (κ2) is 47.9. The summed E-state index contributed by atoms with van der Waals surface area (Å²) in [5, 5.41) is 0. The van der Waals surface area contributed by atoms with Crippen molar-refractivity contribution in [1.29, 1.82) is 0 Å². The minimum atomic E-state index is -0.762. The average molecular weight is 863 g/mol. The molecule has 61 heavy (non-hydrogen) atoms. The zero-order valence-electron chi connectivity index (χ0n) is 41.8. The molecule has 6 nitrogen and oxygen atoms in total. The largest absolute Gasteiger partial charge is 0.462 e. The minimum absolute atomic E-state index is 0.0636. The van der Waals surface area contributed by atoms with Gasteiger partial charge in [0.2, 0.25) is 0 Å². The third-order valence-electron chi connectivity index (χ3n) is 12.5. The van der Waals surface area contributed by atoms with Crippen molar-refractivity contribution in [2.24, 2.45) is 11.8 Å². The number of carbonyl (C=O) groups is 3. The van der Waals surface area contributed by atoms with Crippen molar-refractivity contribution >= 4 is 17.9 Å². The Morgan fingerprint density at radius 2 is 0.541 bits per heavy atom. The molecule has 0 heterocycles. The number of esters is 3. The molecule has 0 aliphatic rings. The fourth-order valence-corrected chi connectivity index (χ4v) is 8.34. The molecule has 0 aromatic rings. The lowest BCUT2D eigenvalue weighted by Crippen LogP contribution is -2.30. The van der Waals surface area contributed by atoms with Gasteiger partial charge in [-0.1, -0.05) is 266 Å². The van der Waals surface area contributed by atoms with Crippen molar-refractivity contribution in [3.8, 4) is 0 Å². The quantitative estimate of drug-likeness (QED) is 0.0344. The number of unbranched alkanes of at least 4 members (excludes halogenated alkanes) is 34. The van der Waals surface area contributed by atoms with Crippen LogP contribution in [0.3, 0.4) is 0 Å². The van der Waals surface area contributed by atoms with E-state index in [9.17, 15) is 14.4 Å². The maximum Gasteiger partial charge on any atom is 0.306 e. The van der Waals surface area contributed by atoms with Crippen LogP contribution in [0.4, 0.5) is 0 Å². The standard InChI is InChI=1S/C55H106O6/c1-6-7-8-9-10-11-12-13-15-19-22-25-30-35-40-45-53(56)59-48-52(49-60-54(57)46-41-36-32-27-29-34-39-44-51(4)5)61-55(58)47-42-37-31-26-23-20-17-14-16-18-21-24-28-33-38-43-50(2)3/h50-52H,6-49H2,1-5H3/t52-/m1/s1. The highest BCUT2D eigenvalue weighted by Gasteiger charge is 2.19. The molecule has 0 aliphatic carbocycles. The molecule has 0 amide bonds. The van der Waals surface area contributed by atoms with Gasteiger partial charge < -0.3 is 14.2 Å². The Balaban J connectivity index is 4.26. The maximum atomic E-state index is 12.8. The molecule has 1 atom stereocenters. The van der Waals surface area contributed by atoms with Crippen molar-refractivity contribution < 1.29 is 28.6 Å². The van der Waals surface area contributed by atoms with Crippen LogP contribution in [-0.2, 0) is 28.6 Å². The summed E-state index contributed by atoms with van der Waals surface area (Å²) < 4.78 is 16.8. The van der Waals surface area contributed by atoms with E-state index in [4.69, 9.17) is 14.2 Å². The number of hydrogen-bond donors (Lipinski definition) is 0.